The number of aromatic nitrogens is 1. The highest BCUT2D eigenvalue weighted by molar-refractivity contribution is 7.89. The number of rotatable bonds is 9. The van der Waals surface area contributed by atoms with Crippen LogP contribution in [0.1, 0.15) is 12.0 Å². The van der Waals surface area contributed by atoms with E-state index in [1.165, 1.54) is 54.7 Å². The second-order valence-electron chi connectivity index (χ2n) is 9.16. The maximum Gasteiger partial charge on any atom is 0.404 e. The van der Waals surface area contributed by atoms with Crippen LogP contribution in [0.3, 0.4) is 0 Å². The average molecular weight is 647 g/mol. The zero-order valence-electron chi connectivity index (χ0n) is 21.2. The first kappa shape index (κ1) is 31.2. The molecule has 3 aromatic rings. The van der Waals surface area contributed by atoms with Crippen LogP contribution < -0.4 is 20.9 Å². The molecule has 0 radical (unpaired) electrons. The van der Waals surface area contributed by atoms with E-state index in [2.05, 4.69) is 15.5 Å². The normalized spacial score (nSPS) is 17.4. The number of sulfonamides is 2. The summed E-state index contributed by atoms with van der Waals surface area (Å²) in [4.78, 5) is 22.7. The van der Waals surface area contributed by atoms with Crippen LogP contribution in [0.5, 0.6) is 0 Å². The van der Waals surface area contributed by atoms with Crippen molar-refractivity contribution in [2.75, 3.05) is 23.3 Å². The Morgan fingerprint density at radius 3 is 2.38 bits per heavy atom. The summed E-state index contributed by atoms with van der Waals surface area (Å²) in [6.07, 6.45) is -4.14. The Morgan fingerprint density at radius 2 is 1.76 bits per heavy atom. The highest BCUT2D eigenvalue weighted by Gasteiger charge is 2.48. The molecule has 1 atom stereocenters. The van der Waals surface area contributed by atoms with E-state index in [9.17, 15) is 34.8 Å². The van der Waals surface area contributed by atoms with Gasteiger partial charge < -0.3 is 15.9 Å². The van der Waals surface area contributed by atoms with Crippen LogP contribution in [0.4, 0.5) is 24.7 Å². The number of nitrogens with zero attached hydrogens (tertiary/aromatic N) is 2. The molecule has 0 saturated carbocycles. The molecule has 1 aromatic heterocycles. The zero-order chi connectivity index (χ0) is 30.9. The fourth-order valence-electron chi connectivity index (χ4n) is 3.96. The topological polar surface area (TPSA) is 196 Å². The van der Waals surface area contributed by atoms with Crippen LogP contribution >= 0.6 is 11.6 Å². The summed E-state index contributed by atoms with van der Waals surface area (Å²) < 4.78 is 88.1. The largest absolute Gasteiger partial charge is 0.404 e. The molecule has 0 fully saturated rings. The molecule has 0 unspecified atom stereocenters. The molecule has 1 amide bonds. The molecule has 224 valence electrons. The predicted octanol–water partition coefficient (Wildman–Crippen LogP) is 2.62. The van der Waals surface area contributed by atoms with Gasteiger partial charge in [-0.1, -0.05) is 41.0 Å². The summed E-state index contributed by atoms with van der Waals surface area (Å²) in [5, 5.41) is 11.8. The minimum absolute atomic E-state index is 0.0675. The van der Waals surface area contributed by atoms with Crippen LogP contribution in [0, 0.1) is 0 Å². The Labute approximate surface area is 243 Å². The Bertz CT molecular complexity index is 1770. The number of amides is 1. The van der Waals surface area contributed by atoms with Gasteiger partial charge in [-0.15, -0.1) is 0 Å². The van der Waals surface area contributed by atoms with Gasteiger partial charge in [-0.25, -0.2) is 31.7 Å². The molecule has 0 bridgehead atoms. The number of primary sulfonamides is 1. The smallest absolute Gasteiger partial charge is 0.398 e. The van der Waals surface area contributed by atoms with Crippen LogP contribution in [0.25, 0.3) is 11.1 Å². The molecule has 0 spiro atoms. The number of benzene rings is 2. The molecule has 1 aliphatic heterocycles. The number of hydrogen-bond acceptors (Lipinski definition) is 9. The molecule has 4 rings (SSSR count). The number of carbonyl (C=O) groups is 1. The number of oxime groups is 1. The summed E-state index contributed by atoms with van der Waals surface area (Å²) in [5.41, 5.74) is 5.00. The van der Waals surface area contributed by atoms with Gasteiger partial charge in [0.15, 0.2) is 5.75 Å². The second-order valence-corrected chi connectivity index (χ2v) is 12.9. The monoisotopic (exact) mass is 646 g/mol. The number of carbonyl (C=O) groups excluding carboxylic acids is 1. The van der Waals surface area contributed by atoms with Crippen molar-refractivity contribution in [3.05, 3.63) is 71.4 Å². The minimum Gasteiger partial charge on any atom is -0.398 e. The molecular weight excluding hydrogens is 625 g/mol. The summed E-state index contributed by atoms with van der Waals surface area (Å²) in [5.74, 6) is -3.23. The lowest BCUT2D eigenvalue weighted by Gasteiger charge is -2.25. The van der Waals surface area contributed by atoms with E-state index in [4.69, 9.17) is 27.3 Å². The first-order valence-electron chi connectivity index (χ1n) is 11.7. The van der Waals surface area contributed by atoms with Gasteiger partial charge in [0.05, 0.1) is 27.9 Å². The number of anilines is 2. The molecule has 0 saturated heterocycles. The number of nitrogens with one attached hydrogen (secondary N) is 2. The Balaban J connectivity index is 1.59. The van der Waals surface area contributed by atoms with Gasteiger partial charge in [-0.3, -0.25) is 4.79 Å². The third-order valence-electron chi connectivity index (χ3n) is 5.97. The number of halogens is 4. The van der Waals surface area contributed by atoms with E-state index in [1.807, 2.05) is 0 Å². The van der Waals surface area contributed by atoms with E-state index in [0.29, 0.717) is 11.1 Å². The van der Waals surface area contributed by atoms with Gasteiger partial charge in [0.2, 0.25) is 25.6 Å². The molecule has 42 heavy (non-hydrogen) atoms. The molecule has 2 heterocycles. The van der Waals surface area contributed by atoms with Crippen molar-refractivity contribution >= 4 is 54.8 Å². The molecule has 0 aliphatic carbocycles. The number of alkyl halides is 3. The first-order chi connectivity index (χ1) is 19.5. The average Bonchev–Trinajstić information content (AvgIpc) is 3.34. The van der Waals surface area contributed by atoms with Crippen molar-refractivity contribution in [3.63, 3.8) is 0 Å². The van der Waals surface area contributed by atoms with Crippen molar-refractivity contribution in [1.29, 1.82) is 0 Å². The molecule has 6 N–H and O–H groups in total. The van der Waals surface area contributed by atoms with Gasteiger partial charge >= 0.3 is 6.18 Å². The third-order valence-corrected chi connectivity index (χ3v) is 8.57. The lowest BCUT2D eigenvalue weighted by atomic mass is 9.93. The van der Waals surface area contributed by atoms with Crippen LogP contribution in [0.15, 0.2) is 70.8 Å². The number of hydrogen-bond donors (Lipinski definition) is 4. The van der Waals surface area contributed by atoms with Crippen LogP contribution in [0.2, 0.25) is 5.02 Å². The van der Waals surface area contributed by atoms with Gasteiger partial charge in [0, 0.05) is 29.3 Å². The van der Waals surface area contributed by atoms with E-state index in [0.717, 1.165) is 0 Å². The maximum atomic E-state index is 13.4. The first-order valence-corrected chi connectivity index (χ1v) is 15.3. The van der Waals surface area contributed by atoms with Gasteiger partial charge in [0.1, 0.15) is 5.82 Å². The highest BCUT2D eigenvalue weighted by Crippen LogP contribution is 2.31. The van der Waals surface area contributed by atoms with E-state index >= 15 is 0 Å². The van der Waals surface area contributed by atoms with Crippen molar-refractivity contribution < 1.29 is 39.6 Å². The molecular formula is C24H22ClF3N6O6S2. The summed E-state index contributed by atoms with van der Waals surface area (Å²) in [7, 11) is -8.98. The lowest BCUT2D eigenvalue weighted by Crippen LogP contribution is -2.52. The Kier molecular flexibility index (Phi) is 8.52. The van der Waals surface area contributed by atoms with Gasteiger partial charge in [-0.2, -0.15) is 13.2 Å². The summed E-state index contributed by atoms with van der Waals surface area (Å²) in [6, 6.07) is 13.1. The third kappa shape index (κ3) is 7.35. The Morgan fingerprint density at radius 1 is 1.07 bits per heavy atom. The molecule has 18 heteroatoms. The number of nitrogens with two attached hydrogens (primary N) is 2. The number of pyridine rings is 1. The van der Waals surface area contributed by atoms with Crippen LogP contribution in [-0.2, 0) is 29.7 Å². The quantitative estimate of drug-likeness (QED) is 0.255. The minimum atomic E-state index is -5.03. The summed E-state index contributed by atoms with van der Waals surface area (Å²) in [6.45, 7) is -0.910. The van der Waals surface area contributed by atoms with Crippen molar-refractivity contribution in [2.45, 2.75) is 23.1 Å². The van der Waals surface area contributed by atoms with Crippen LogP contribution in [-0.4, -0.2) is 57.5 Å². The van der Waals surface area contributed by atoms with Crippen molar-refractivity contribution in [2.24, 2.45) is 10.3 Å². The van der Waals surface area contributed by atoms with E-state index in [-0.39, 0.29) is 39.1 Å². The maximum absolute atomic E-state index is 13.4. The zero-order valence-corrected chi connectivity index (χ0v) is 23.6. The van der Waals surface area contributed by atoms with Gasteiger partial charge in [-0.05, 0) is 30.3 Å². The predicted molar refractivity (Wildman–Crippen MR) is 148 cm³/mol. The SMILES string of the molecule is Nc1cc(C2=NO[C@@](CNS(=O)(=O)CC(F)(F)F)(C(=O)Nc3ccc(-c4ccccc4S(N)(=O)=O)cn3)C2)ccc1Cl. The van der Waals surface area contributed by atoms with Crippen molar-refractivity contribution in [1.82, 2.24) is 9.71 Å². The molecule has 2 aromatic carbocycles. The lowest BCUT2D eigenvalue weighted by molar-refractivity contribution is -0.137. The fraction of sp³-hybridized carbons (Fsp3) is 0.208. The molecule has 12 nitrogen and oxygen atoms in total. The Hall–Kier alpha value is -3.77. The van der Waals surface area contributed by atoms with E-state index in [1.54, 1.807) is 10.8 Å². The molecule has 1 aliphatic rings. The number of nitrogen functional groups attached to an aromatic ring is 1. The second kappa shape index (κ2) is 11.5. The standard InChI is InChI=1S/C24H22ClF3N6O6S2/c25-17-7-5-14(9-18(17)29)19-10-23(40-34-19,12-32-41(36,37)13-24(26,27)28)22(35)33-21-8-6-15(11-31-21)16-3-1-2-4-20(16)42(30,38)39/h1-9,11,32H,10,12-13,29H2,(H2,30,38,39)(H,31,33,35)/t23-/m0/s1. The van der Waals surface area contributed by atoms with Crippen molar-refractivity contribution in [3.8, 4) is 11.1 Å². The van der Waals surface area contributed by atoms with Gasteiger partial charge in [0.25, 0.3) is 5.91 Å². The highest BCUT2D eigenvalue weighted by atomic mass is 35.5. The fourth-order valence-corrected chi connectivity index (χ4v) is 5.82. The van der Waals surface area contributed by atoms with E-state index < -0.39 is 50.0 Å². The summed E-state index contributed by atoms with van der Waals surface area (Å²) >= 11 is 5.95.